The molecule has 2 rings (SSSR count). The molecular formula is C16H17F4N3O. The van der Waals surface area contributed by atoms with Gasteiger partial charge in [0, 0.05) is 13.2 Å². The smallest absolute Gasteiger partial charge is 0.421 e. The zero-order valence-electron chi connectivity index (χ0n) is 13.4. The normalized spacial score (nSPS) is 11.7. The molecular weight excluding hydrogens is 326 g/mol. The van der Waals surface area contributed by atoms with Crippen LogP contribution in [-0.2, 0) is 6.18 Å². The molecule has 0 radical (unpaired) electrons. The number of para-hydroxylation sites is 1. The lowest BCUT2D eigenvalue weighted by atomic mass is 10.2. The van der Waals surface area contributed by atoms with Crippen LogP contribution in [0.25, 0.3) is 0 Å². The van der Waals surface area contributed by atoms with Crippen LogP contribution in [0.4, 0.5) is 29.1 Å². The van der Waals surface area contributed by atoms with Gasteiger partial charge in [-0.05, 0) is 18.1 Å². The molecule has 0 atom stereocenters. The van der Waals surface area contributed by atoms with Gasteiger partial charge in [-0.3, -0.25) is 0 Å². The van der Waals surface area contributed by atoms with Gasteiger partial charge in [0.1, 0.15) is 11.4 Å². The van der Waals surface area contributed by atoms with Gasteiger partial charge in [0.25, 0.3) is 0 Å². The van der Waals surface area contributed by atoms with E-state index in [0.29, 0.717) is 6.20 Å². The van der Waals surface area contributed by atoms with Crippen molar-refractivity contribution in [2.75, 3.05) is 18.6 Å². The molecule has 4 nitrogen and oxygen atoms in total. The minimum absolute atomic E-state index is 0.0310. The third-order valence-corrected chi connectivity index (χ3v) is 3.13. The van der Waals surface area contributed by atoms with Crippen LogP contribution < -0.4 is 9.64 Å². The molecule has 8 heteroatoms. The number of benzene rings is 1. The first-order chi connectivity index (χ1) is 11.2. The van der Waals surface area contributed by atoms with Gasteiger partial charge in [0.2, 0.25) is 0 Å². The van der Waals surface area contributed by atoms with Crippen molar-refractivity contribution >= 4 is 11.5 Å². The van der Waals surface area contributed by atoms with E-state index >= 15 is 0 Å². The number of rotatable bonds is 5. The maximum absolute atomic E-state index is 13.9. The summed E-state index contributed by atoms with van der Waals surface area (Å²) in [7, 11) is 1.31. The van der Waals surface area contributed by atoms with Gasteiger partial charge in [0.05, 0.1) is 12.3 Å². The van der Waals surface area contributed by atoms with E-state index in [1.807, 2.05) is 13.8 Å². The summed E-state index contributed by atoms with van der Waals surface area (Å²) >= 11 is 0. The fourth-order valence-electron chi connectivity index (χ4n) is 1.96. The first-order valence-electron chi connectivity index (χ1n) is 7.25. The van der Waals surface area contributed by atoms with Crippen molar-refractivity contribution in [3.8, 4) is 6.01 Å². The molecule has 0 amide bonds. The highest BCUT2D eigenvalue weighted by Crippen LogP contribution is 2.38. The molecule has 0 spiro atoms. The maximum atomic E-state index is 13.9. The molecule has 0 aliphatic carbocycles. The largest absolute Gasteiger partial charge is 0.463 e. The van der Waals surface area contributed by atoms with Crippen LogP contribution in [0.3, 0.4) is 0 Å². The summed E-state index contributed by atoms with van der Waals surface area (Å²) in [6.45, 7) is 4.03. The molecule has 0 bridgehead atoms. The molecule has 130 valence electrons. The molecule has 0 saturated heterocycles. The minimum atomic E-state index is -4.68. The average Bonchev–Trinajstić information content (AvgIpc) is 2.51. The second-order valence-corrected chi connectivity index (χ2v) is 5.60. The van der Waals surface area contributed by atoms with Gasteiger partial charge in [0.15, 0.2) is 5.82 Å². The third-order valence-electron chi connectivity index (χ3n) is 3.13. The summed E-state index contributed by atoms with van der Waals surface area (Å²) in [6.07, 6.45) is -4.03. The van der Waals surface area contributed by atoms with Crippen LogP contribution in [0.1, 0.15) is 19.4 Å². The van der Waals surface area contributed by atoms with E-state index in [1.54, 1.807) is 0 Å². The van der Waals surface area contributed by atoms with Crippen LogP contribution in [0.2, 0.25) is 0 Å². The van der Waals surface area contributed by atoms with E-state index < -0.39 is 23.4 Å². The number of aromatic nitrogens is 2. The highest BCUT2D eigenvalue weighted by Gasteiger charge is 2.37. The van der Waals surface area contributed by atoms with E-state index in [-0.39, 0.29) is 24.2 Å². The Hall–Kier alpha value is -2.38. The second kappa shape index (κ2) is 7.02. The maximum Gasteiger partial charge on any atom is 0.421 e. The van der Waals surface area contributed by atoms with Gasteiger partial charge in [-0.25, -0.2) is 9.37 Å². The fraction of sp³-hybridized carbons (Fsp3) is 0.375. The molecule has 2 aromatic rings. The molecule has 0 saturated carbocycles. The van der Waals surface area contributed by atoms with E-state index in [2.05, 4.69) is 9.97 Å². The van der Waals surface area contributed by atoms with E-state index in [0.717, 1.165) is 11.0 Å². The van der Waals surface area contributed by atoms with Crippen molar-refractivity contribution in [3.05, 3.63) is 41.8 Å². The number of anilines is 2. The Balaban J connectivity index is 2.47. The molecule has 0 N–H and O–H groups in total. The molecule has 0 unspecified atom stereocenters. The van der Waals surface area contributed by atoms with Crippen molar-refractivity contribution in [2.45, 2.75) is 20.0 Å². The van der Waals surface area contributed by atoms with E-state index in [1.165, 1.54) is 25.2 Å². The van der Waals surface area contributed by atoms with Crippen LogP contribution in [0.15, 0.2) is 30.5 Å². The van der Waals surface area contributed by atoms with Gasteiger partial charge >= 0.3 is 12.2 Å². The number of hydrogen-bond acceptors (Lipinski definition) is 4. The number of halogens is 4. The Kier molecular flexibility index (Phi) is 5.26. The lowest BCUT2D eigenvalue weighted by Crippen LogP contribution is -2.20. The third kappa shape index (κ3) is 4.12. The van der Waals surface area contributed by atoms with Crippen LogP contribution in [0.5, 0.6) is 6.01 Å². The summed E-state index contributed by atoms with van der Waals surface area (Å²) in [6, 6.07) is 5.33. The van der Waals surface area contributed by atoms with Crippen molar-refractivity contribution in [2.24, 2.45) is 5.92 Å². The molecule has 0 aliphatic rings. The van der Waals surface area contributed by atoms with Crippen molar-refractivity contribution in [3.63, 3.8) is 0 Å². The van der Waals surface area contributed by atoms with E-state index in [9.17, 15) is 17.6 Å². The highest BCUT2D eigenvalue weighted by molar-refractivity contribution is 5.63. The Labute approximate surface area is 137 Å². The van der Waals surface area contributed by atoms with Crippen molar-refractivity contribution < 1.29 is 22.3 Å². The number of alkyl halides is 3. The summed E-state index contributed by atoms with van der Waals surface area (Å²) in [5, 5.41) is 0. The summed E-state index contributed by atoms with van der Waals surface area (Å²) < 4.78 is 58.9. The topological polar surface area (TPSA) is 38.2 Å². The Morgan fingerprint density at radius 2 is 1.88 bits per heavy atom. The molecule has 0 fully saturated rings. The fourth-order valence-corrected chi connectivity index (χ4v) is 1.96. The second-order valence-electron chi connectivity index (χ2n) is 5.60. The Morgan fingerprint density at radius 1 is 1.21 bits per heavy atom. The van der Waals surface area contributed by atoms with E-state index in [4.69, 9.17) is 4.74 Å². The minimum Gasteiger partial charge on any atom is -0.463 e. The summed E-state index contributed by atoms with van der Waals surface area (Å²) in [5.74, 6) is -0.971. The first kappa shape index (κ1) is 18.0. The average molecular weight is 343 g/mol. The highest BCUT2D eigenvalue weighted by atomic mass is 19.4. The van der Waals surface area contributed by atoms with Crippen LogP contribution >= 0.6 is 0 Å². The Morgan fingerprint density at radius 3 is 2.46 bits per heavy atom. The molecule has 1 aromatic heterocycles. The predicted molar refractivity (Wildman–Crippen MR) is 81.8 cm³/mol. The monoisotopic (exact) mass is 343 g/mol. The van der Waals surface area contributed by atoms with Crippen molar-refractivity contribution in [1.82, 2.24) is 9.97 Å². The molecule has 24 heavy (non-hydrogen) atoms. The zero-order chi connectivity index (χ0) is 17.9. The standard InChI is InChI=1S/C16H17F4N3O/c1-10(2)9-24-15-21-8-11(16(18,19)20)14(22-15)23(3)13-7-5-4-6-12(13)17/h4-8,10H,9H2,1-3H3. The Bertz CT molecular complexity index is 704. The molecule has 1 aromatic carbocycles. The van der Waals surface area contributed by atoms with Gasteiger partial charge in [-0.1, -0.05) is 26.0 Å². The lowest BCUT2D eigenvalue weighted by Gasteiger charge is -2.23. The van der Waals surface area contributed by atoms with Gasteiger partial charge in [-0.2, -0.15) is 18.2 Å². The summed E-state index contributed by atoms with van der Waals surface area (Å²) in [4.78, 5) is 8.47. The van der Waals surface area contributed by atoms with Crippen LogP contribution in [-0.4, -0.2) is 23.6 Å². The van der Waals surface area contributed by atoms with Crippen LogP contribution in [0, 0.1) is 11.7 Å². The summed E-state index contributed by atoms with van der Waals surface area (Å²) in [5.41, 5.74) is -1.10. The zero-order valence-corrected chi connectivity index (χ0v) is 13.4. The number of hydrogen-bond donors (Lipinski definition) is 0. The first-order valence-corrected chi connectivity index (χ1v) is 7.25. The number of ether oxygens (including phenoxy) is 1. The molecule has 1 heterocycles. The van der Waals surface area contributed by atoms with Crippen molar-refractivity contribution in [1.29, 1.82) is 0 Å². The quantitative estimate of drug-likeness (QED) is 0.753. The number of nitrogens with zero attached hydrogens (tertiary/aromatic N) is 3. The SMILES string of the molecule is CC(C)COc1ncc(C(F)(F)F)c(N(C)c2ccccc2F)n1. The lowest BCUT2D eigenvalue weighted by molar-refractivity contribution is -0.137. The van der Waals surface area contributed by atoms with Gasteiger partial charge < -0.3 is 9.64 Å². The predicted octanol–water partition coefficient (Wildman–Crippen LogP) is 4.44. The molecule has 0 aliphatic heterocycles. The van der Waals surface area contributed by atoms with Gasteiger partial charge in [-0.15, -0.1) is 0 Å².